The van der Waals surface area contributed by atoms with E-state index in [0.29, 0.717) is 0 Å². The number of nitrogens with zero attached hydrogens (tertiary/aromatic N) is 1. The minimum absolute atomic E-state index is 0.0752. The van der Waals surface area contributed by atoms with Gasteiger partial charge in [0, 0.05) is 23.7 Å². The number of rotatable bonds is 7. The summed E-state index contributed by atoms with van der Waals surface area (Å²) in [5.74, 6) is -0.149. The third-order valence-corrected chi connectivity index (χ3v) is 5.36. The zero-order chi connectivity index (χ0) is 27.4. The largest absolute Gasteiger partial charge is 0.433 e. The fourth-order valence-electron chi connectivity index (χ4n) is 3.21. The molecule has 192 valence electrons. The molecular weight excluding hydrogens is 517 g/mol. The summed E-state index contributed by atoms with van der Waals surface area (Å²) in [5, 5.41) is 2.46. The Morgan fingerprint density at radius 3 is 2.49 bits per heavy atom. The lowest BCUT2D eigenvalue weighted by atomic mass is 10.0. The molecule has 0 saturated carbocycles. The van der Waals surface area contributed by atoms with Crippen molar-refractivity contribution in [2.24, 2.45) is 0 Å². The number of amides is 1. The number of halogens is 5. The molecule has 2 N–H and O–H groups in total. The number of hydrogen-bond acceptors (Lipinski definition) is 4. The minimum Gasteiger partial charge on any atom is -0.348 e. The number of nitrogens with one attached hydrogen (secondary N) is 2. The van der Waals surface area contributed by atoms with Gasteiger partial charge in [-0.15, -0.1) is 6.42 Å². The van der Waals surface area contributed by atoms with Gasteiger partial charge in [0.2, 0.25) is 15.9 Å². The lowest BCUT2D eigenvalue weighted by molar-refractivity contribution is -0.141. The van der Waals surface area contributed by atoms with Crippen LogP contribution in [0.4, 0.5) is 27.6 Å². The van der Waals surface area contributed by atoms with E-state index in [4.69, 9.17) is 6.42 Å². The van der Waals surface area contributed by atoms with Gasteiger partial charge in [-0.2, -0.15) is 13.2 Å². The first-order valence-electron chi connectivity index (χ1n) is 10.3. The summed E-state index contributed by atoms with van der Waals surface area (Å²) >= 11 is 0. The third-order valence-electron chi connectivity index (χ3n) is 4.79. The van der Waals surface area contributed by atoms with Crippen molar-refractivity contribution in [2.45, 2.75) is 12.7 Å². The van der Waals surface area contributed by atoms with Crippen molar-refractivity contribution in [2.75, 3.05) is 11.0 Å². The number of sulfonamides is 1. The van der Waals surface area contributed by atoms with Crippen LogP contribution in [0.5, 0.6) is 0 Å². The van der Waals surface area contributed by atoms with Crippen LogP contribution in [0.2, 0.25) is 0 Å². The lowest BCUT2D eigenvalue weighted by Crippen LogP contribution is -2.21. The number of aromatic nitrogens is 1. The second-order valence-corrected chi connectivity index (χ2v) is 9.46. The average molecular weight is 535 g/mol. The first-order chi connectivity index (χ1) is 17.3. The molecule has 0 aliphatic rings. The SMILES string of the molecule is C#Cc1cc(CNC(=O)C=Cc2ccc(C(F)(F)F)nc2-c2cccc(F)c2)cc(F)c1NS(C)(=O)=O. The van der Waals surface area contributed by atoms with Crippen LogP contribution >= 0.6 is 0 Å². The van der Waals surface area contributed by atoms with E-state index in [0.717, 1.165) is 42.7 Å². The predicted octanol–water partition coefficient (Wildman–Crippen LogP) is 4.73. The summed E-state index contributed by atoms with van der Waals surface area (Å²) in [6.07, 6.45) is 3.65. The first-order valence-corrected chi connectivity index (χ1v) is 12.2. The van der Waals surface area contributed by atoms with Gasteiger partial charge in [-0.25, -0.2) is 22.2 Å². The molecule has 1 aromatic heterocycles. The van der Waals surface area contributed by atoms with Crippen LogP contribution in [-0.2, 0) is 27.5 Å². The Morgan fingerprint density at radius 2 is 1.86 bits per heavy atom. The monoisotopic (exact) mass is 535 g/mol. The van der Waals surface area contributed by atoms with Crippen molar-refractivity contribution >= 4 is 27.7 Å². The quantitative estimate of drug-likeness (QED) is 0.260. The van der Waals surface area contributed by atoms with Crippen LogP contribution in [0.1, 0.15) is 22.4 Å². The maximum absolute atomic E-state index is 14.4. The van der Waals surface area contributed by atoms with Gasteiger partial charge in [0.15, 0.2) is 0 Å². The molecule has 0 bridgehead atoms. The molecule has 12 heteroatoms. The van der Waals surface area contributed by atoms with Crippen LogP contribution in [0.25, 0.3) is 17.3 Å². The molecule has 3 rings (SSSR count). The Morgan fingerprint density at radius 1 is 1.14 bits per heavy atom. The van der Waals surface area contributed by atoms with E-state index in [9.17, 15) is 35.2 Å². The molecular formula is C25H18F5N3O3S. The van der Waals surface area contributed by atoms with Crippen molar-refractivity contribution in [1.29, 1.82) is 0 Å². The van der Waals surface area contributed by atoms with Gasteiger partial charge in [0.1, 0.15) is 17.3 Å². The van der Waals surface area contributed by atoms with Gasteiger partial charge in [0.25, 0.3) is 0 Å². The van der Waals surface area contributed by atoms with Gasteiger partial charge in [-0.1, -0.05) is 24.1 Å². The van der Waals surface area contributed by atoms with Crippen molar-refractivity contribution < 1.29 is 35.2 Å². The molecule has 0 saturated heterocycles. The predicted molar refractivity (Wildman–Crippen MR) is 128 cm³/mol. The highest BCUT2D eigenvalue weighted by Gasteiger charge is 2.33. The van der Waals surface area contributed by atoms with Gasteiger partial charge < -0.3 is 5.32 Å². The van der Waals surface area contributed by atoms with Crippen LogP contribution in [0, 0.1) is 24.0 Å². The molecule has 6 nitrogen and oxygen atoms in total. The number of pyridine rings is 1. The van der Waals surface area contributed by atoms with Crippen LogP contribution < -0.4 is 10.0 Å². The fourth-order valence-corrected chi connectivity index (χ4v) is 3.79. The summed E-state index contributed by atoms with van der Waals surface area (Å²) < 4.78 is 92.4. The Kier molecular flexibility index (Phi) is 7.98. The Hall–Kier alpha value is -4.24. The van der Waals surface area contributed by atoms with Gasteiger partial charge in [-0.05, 0) is 42.0 Å². The van der Waals surface area contributed by atoms with Gasteiger partial charge in [0.05, 0.1) is 23.2 Å². The number of hydrogen-bond donors (Lipinski definition) is 2. The summed E-state index contributed by atoms with van der Waals surface area (Å²) in [6, 6.07) is 8.95. The van der Waals surface area contributed by atoms with E-state index in [-0.39, 0.29) is 34.5 Å². The molecule has 3 aromatic rings. The average Bonchev–Trinajstić information content (AvgIpc) is 2.81. The van der Waals surface area contributed by atoms with E-state index in [2.05, 4.69) is 16.2 Å². The van der Waals surface area contributed by atoms with E-state index in [1.807, 2.05) is 4.72 Å². The summed E-state index contributed by atoms with van der Waals surface area (Å²) in [6.45, 7) is -0.198. The molecule has 0 aliphatic heterocycles. The molecule has 1 heterocycles. The van der Waals surface area contributed by atoms with Gasteiger partial charge >= 0.3 is 6.18 Å². The maximum atomic E-state index is 14.4. The zero-order valence-electron chi connectivity index (χ0n) is 19.0. The number of carbonyl (C=O) groups excluding carboxylic acids is 1. The Balaban J connectivity index is 1.82. The molecule has 0 spiro atoms. The second kappa shape index (κ2) is 10.8. The van der Waals surface area contributed by atoms with Gasteiger partial charge in [-0.3, -0.25) is 9.52 Å². The van der Waals surface area contributed by atoms with Crippen LogP contribution in [0.15, 0.2) is 54.6 Å². The Labute approximate surface area is 209 Å². The highest BCUT2D eigenvalue weighted by atomic mass is 32.2. The highest BCUT2D eigenvalue weighted by molar-refractivity contribution is 7.92. The summed E-state index contributed by atoms with van der Waals surface area (Å²) in [5.41, 5.74) is -1.44. The standard InChI is InChI=1S/C25H18F5N3O3S/c1-3-16-11-15(12-20(27)24(16)33-37(2,35)36)14-31-22(34)10-8-17-7-9-21(25(28,29)30)32-23(17)18-5-4-6-19(26)13-18/h1,4-13,33H,14H2,2H3,(H,31,34). The molecule has 0 unspecified atom stereocenters. The molecule has 1 amide bonds. The minimum atomic E-state index is -4.74. The molecule has 2 aromatic carbocycles. The summed E-state index contributed by atoms with van der Waals surface area (Å²) in [7, 11) is -3.79. The van der Waals surface area contributed by atoms with Crippen molar-refractivity contribution in [3.8, 4) is 23.6 Å². The molecule has 0 aliphatic carbocycles. The number of benzene rings is 2. The molecule has 37 heavy (non-hydrogen) atoms. The van der Waals surface area contributed by atoms with Crippen molar-refractivity contribution in [3.05, 3.63) is 88.6 Å². The highest BCUT2D eigenvalue weighted by Crippen LogP contribution is 2.32. The number of carbonyl (C=O) groups is 1. The lowest BCUT2D eigenvalue weighted by Gasteiger charge is -2.12. The third kappa shape index (κ3) is 7.37. The molecule has 0 atom stereocenters. The van der Waals surface area contributed by atoms with E-state index >= 15 is 0 Å². The number of anilines is 1. The Bertz CT molecular complexity index is 1530. The topological polar surface area (TPSA) is 88.2 Å². The van der Waals surface area contributed by atoms with E-state index < -0.39 is 45.1 Å². The smallest absolute Gasteiger partial charge is 0.348 e. The fraction of sp³-hybridized carbons (Fsp3) is 0.120. The molecule has 0 radical (unpaired) electrons. The van der Waals surface area contributed by atoms with Crippen LogP contribution in [-0.4, -0.2) is 25.6 Å². The first kappa shape index (κ1) is 27.3. The summed E-state index contributed by atoms with van der Waals surface area (Å²) in [4.78, 5) is 15.9. The number of terminal acetylenes is 1. The number of alkyl halides is 3. The normalized spacial score (nSPS) is 11.8. The van der Waals surface area contributed by atoms with Crippen molar-refractivity contribution in [3.63, 3.8) is 0 Å². The van der Waals surface area contributed by atoms with Crippen molar-refractivity contribution in [1.82, 2.24) is 10.3 Å². The van der Waals surface area contributed by atoms with Crippen LogP contribution in [0.3, 0.4) is 0 Å². The maximum Gasteiger partial charge on any atom is 0.433 e. The van der Waals surface area contributed by atoms with E-state index in [1.165, 1.54) is 24.3 Å². The van der Waals surface area contributed by atoms with E-state index in [1.54, 1.807) is 0 Å². The zero-order valence-corrected chi connectivity index (χ0v) is 19.8. The second-order valence-electron chi connectivity index (χ2n) is 7.71. The molecule has 0 fully saturated rings.